The number of amides is 1. The predicted octanol–water partition coefficient (Wildman–Crippen LogP) is 5.15. The summed E-state index contributed by atoms with van der Waals surface area (Å²) in [6, 6.07) is 16.0. The van der Waals surface area contributed by atoms with Crippen LogP contribution >= 0.6 is 11.6 Å². The molecule has 2 heterocycles. The van der Waals surface area contributed by atoms with Gasteiger partial charge in [0.1, 0.15) is 11.5 Å². The molecule has 4 rings (SSSR count). The van der Waals surface area contributed by atoms with Crippen LogP contribution in [0.2, 0.25) is 5.02 Å². The van der Waals surface area contributed by atoms with Gasteiger partial charge in [-0.05, 0) is 74.0 Å². The maximum atomic E-state index is 13.1. The Kier molecular flexibility index (Phi) is 5.97. The summed E-state index contributed by atoms with van der Waals surface area (Å²) in [6.07, 6.45) is 3.18. The largest absolute Gasteiger partial charge is 0.507 e. The highest BCUT2D eigenvalue weighted by Crippen LogP contribution is 2.42. The van der Waals surface area contributed by atoms with Crippen LogP contribution in [0, 0.1) is 0 Å². The third-order valence-electron chi connectivity index (χ3n) is 5.05. The Morgan fingerprint density at radius 1 is 1.06 bits per heavy atom. The lowest BCUT2D eigenvalue weighted by atomic mass is 9.96. The van der Waals surface area contributed by atoms with Crippen LogP contribution in [-0.4, -0.2) is 27.9 Å². The molecule has 1 unspecified atom stereocenters. The second-order valence-corrected chi connectivity index (χ2v) is 8.06. The zero-order valence-corrected chi connectivity index (χ0v) is 18.3. The third kappa shape index (κ3) is 4.09. The number of pyridine rings is 1. The van der Waals surface area contributed by atoms with E-state index in [2.05, 4.69) is 4.98 Å². The average Bonchev–Trinajstić information content (AvgIpc) is 3.05. The number of hydrogen-bond acceptors (Lipinski definition) is 5. The number of aliphatic hydroxyl groups is 1. The molecule has 1 saturated heterocycles. The van der Waals surface area contributed by atoms with E-state index in [4.69, 9.17) is 16.3 Å². The van der Waals surface area contributed by atoms with Gasteiger partial charge in [-0.25, -0.2) is 0 Å². The molecule has 1 N–H and O–H groups in total. The summed E-state index contributed by atoms with van der Waals surface area (Å²) in [7, 11) is 0. The van der Waals surface area contributed by atoms with Gasteiger partial charge in [0.25, 0.3) is 11.7 Å². The Morgan fingerprint density at radius 3 is 2.34 bits per heavy atom. The van der Waals surface area contributed by atoms with E-state index in [1.165, 1.54) is 4.90 Å². The summed E-state index contributed by atoms with van der Waals surface area (Å²) in [5.41, 5.74) is 1.49. The molecule has 0 spiro atoms. The fourth-order valence-corrected chi connectivity index (χ4v) is 3.80. The van der Waals surface area contributed by atoms with Crippen LogP contribution in [0.15, 0.2) is 78.6 Å². The molecule has 1 atom stereocenters. The number of halogens is 1. The molecule has 0 radical (unpaired) electrons. The van der Waals surface area contributed by atoms with Crippen LogP contribution in [-0.2, 0) is 9.59 Å². The Labute approximate surface area is 190 Å². The molecule has 0 aliphatic carbocycles. The monoisotopic (exact) mass is 448 g/mol. The first-order chi connectivity index (χ1) is 15.4. The lowest BCUT2D eigenvalue weighted by molar-refractivity contribution is -0.132. The highest BCUT2D eigenvalue weighted by Gasteiger charge is 2.47. The topological polar surface area (TPSA) is 79.7 Å². The Hall–Kier alpha value is -3.64. The van der Waals surface area contributed by atoms with E-state index in [0.717, 1.165) is 0 Å². The molecule has 0 bridgehead atoms. The standard InChI is InChI=1S/C25H21ClN2O4/c1-15(2)32-20-11-5-16(6-12-20)23(29)21-22(17-4-3-13-27-14-17)28(25(31)24(21)30)19-9-7-18(26)8-10-19/h3-15,22,29H,1-2H3/b23-21-. The minimum Gasteiger partial charge on any atom is -0.507 e. The van der Waals surface area contributed by atoms with Gasteiger partial charge in [0.15, 0.2) is 0 Å². The van der Waals surface area contributed by atoms with E-state index in [9.17, 15) is 14.7 Å². The Morgan fingerprint density at radius 2 is 1.75 bits per heavy atom. The van der Waals surface area contributed by atoms with E-state index in [1.54, 1.807) is 73.1 Å². The molecule has 3 aromatic rings. The van der Waals surface area contributed by atoms with Crippen LogP contribution in [0.1, 0.15) is 31.0 Å². The third-order valence-corrected chi connectivity index (χ3v) is 5.30. The number of hydrogen-bond donors (Lipinski definition) is 1. The maximum absolute atomic E-state index is 13.1. The van der Waals surface area contributed by atoms with Gasteiger partial charge in [-0.15, -0.1) is 0 Å². The predicted molar refractivity (Wildman–Crippen MR) is 123 cm³/mol. The lowest BCUT2D eigenvalue weighted by Crippen LogP contribution is -2.29. The molecular formula is C25H21ClN2O4. The van der Waals surface area contributed by atoms with Crippen molar-refractivity contribution in [1.29, 1.82) is 0 Å². The molecule has 162 valence electrons. The number of ether oxygens (including phenoxy) is 1. The highest BCUT2D eigenvalue weighted by atomic mass is 35.5. The summed E-state index contributed by atoms with van der Waals surface area (Å²) in [5, 5.41) is 11.6. The first kappa shape index (κ1) is 21.6. The van der Waals surface area contributed by atoms with Gasteiger partial charge in [-0.1, -0.05) is 17.7 Å². The number of ketones is 1. The molecule has 1 aromatic heterocycles. The number of aromatic nitrogens is 1. The van der Waals surface area contributed by atoms with Gasteiger partial charge in [0, 0.05) is 28.7 Å². The van der Waals surface area contributed by atoms with Crippen molar-refractivity contribution in [2.24, 2.45) is 0 Å². The maximum Gasteiger partial charge on any atom is 0.300 e. The summed E-state index contributed by atoms with van der Waals surface area (Å²) in [5.74, 6) is -1.12. The van der Waals surface area contributed by atoms with E-state index in [1.807, 2.05) is 13.8 Å². The van der Waals surface area contributed by atoms with E-state index >= 15 is 0 Å². The summed E-state index contributed by atoms with van der Waals surface area (Å²) < 4.78 is 5.64. The van der Waals surface area contributed by atoms with Crippen molar-refractivity contribution in [3.8, 4) is 5.75 Å². The molecule has 32 heavy (non-hydrogen) atoms. The van der Waals surface area contributed by atoms with Crippen molar-refractivity contribution in [1.82, 2.24) is 4.98 Å². The molecule has 2 aromatic carbocycles. The van der Waals surface area contributed by atoms with Gasteiger partial charge in [-0.3, -0.25) is 19.5 Å². The normalized spacial score (nSPS) is 17.8. The number of Topliss-reactive ketones (excluding diaryl/α,β-unsaturated/α-hetero) is 1. The summed E-state index contributed by atoms with van der Waals surface area (Å²) >= 11 is 6.00. The fraction of sp³-hybridized carbons (Fsp3) is 0.160. The van der Waals surface area contributed by atoms with Crippen LogP contribution in [0.25, 0.3) is 5.76 Å². The van der Waals surface area contributed by atoms with Crippen molar-refractivity contribution in [3.63, 3.8) is 0 Å². The number of nitrogens with zero attached hydrogens (tertiary/aromatic N) is 2. The second kappa shape index (κ2) is 8.85. The number of aliphatic hydroxyl groups excluding tert-OH is 1. The fourth-order valence-electron chi connectivity index (χ4n) is 3.67. The molecule has 1 aliphatic heterocycles. The minimum absolute atomic E-state index is 0.00419. The van der Waals surface area contributed by atoms with Gasteiger partial charge in [-0.2, -0.15) is 0 Å². The smallest absolute Gasteiger partial charge is 0.300 e. The molecule has 1 amide bonds. The van der Waals surface area contributed by atoms with Gasteiger partial charge in [0.2, 0.25) is 0 Å². The quantitative estimate of drug-likeness (QED) is 0.332. The van der Waals surface area contributed by atoms with E-state index in [-0.39, 0.29) is 17.4 Å². The Bertz CT molecular complexity index is 1170. The van der Waals surface area contributed by atoms with Crippen LogP contribution in [0.3, 0.4) is 0 Å². The van der Waals surface area contributed by atoms with Gasteiger partial charge in [0.05, 0.1) is 17.7 Å². The molecule has 7 heteroatoms. The van der Waals surface area contributed by atoms with E-state index in [0.29, 0.717) is 27.6 Å². The lowest BCUT2D eigenvalue weighted by Gasteiger charge is -2.25. The molecule has 1 fully saturated rings. The first-order valence-electron chi connectivity index (χ1n) is 10.1. The summed E-state index contributed by atoms with van der Waals surface area (Å²) in [6.45, 7) is 3.83. The number of anilines is 1. The molecule has 0 saturated carbocycles. The molecule has 6 nitrogen and oxygen atoms in total. The highest BCUT2D eigenvalue weighted by molar-refractivity contribution is 6.51. The zero-order valence-electron chi connectivity index (χ0n) is 17.5. The number of carbonyl (C=O) groups excluding carboxylic acids is 2. The minimum atomic E-state index is -0.837. The first-order valence-corrected chi connectivity index (χ1v) is 10.5. The second-order valence-electron chi connectivity index (χ2n) is 7.62. The number of benzene rings is 2. The summed E-state index contributed by atoms with van der Waals surface area (Å²) in [4.78, 5) is 31.6. The van der Waals surface area contributed by atoms with Gasteiger partial charge < -0.3 is 9.84 Å². The number of rotatable bonds is 5. The van der Waals surface area contributed by atoms with Crippen LogP contribution in [0.5, 0.6) is 5.75 Å². The molecule has 1 aliphatic rings. The zero-order chi connectivity index (χ0) is 22.8. The van der Waals surface area contributed by atoms with Crippen LogP contribution < -0.4 is 9.64 Å². The van der Waals surface area contributed by atoms with Crippen molar-refractivity contribution < 1.29 is 19.4 Å². The molecular weight excluding hydrogens is 428 g/mol. The van der Waals surface area contributed by atoms with Crippen molar-refractivity contribution in [2.45, 2.75) is 26.0 Å². The van der Waals surface area contributed by atoms with E-state index < -0.39 is 17.7 Å². The van der Waals surface area contributed by atoms with Crippen molar-refractivity contribution >= 4 is 34.7 Å². The SMILES string of the molecule is CC(C)Oc1ccc(/C(O)=C2/C(=O)C(=O)N(c3ccc(Cl)cc3)C2c2cccnc2)cc1. The average molecular weight is 449 g/mol. The van der Waals surface area contributed by atoms with Gasteiger partial charge >= 0.3 is 0 Å². The van der Waals surface area contributed by atoms with Crippen LogP contribution in [0.4, 0.5) is 5.69 Å². The van der Waals surface area contributed by atoms with Crippen molar-refractivity contribution in [2.75, 3.05) is 4.90 Å². The number of carbonyl (C=O) groups is 2. The van der Waals surface area contributed by atoms with Crippen molar-refractivity contribution in [3.05, 3.63) is 94.8 Å². The Balaban J connectivity index is 1.84.